The predicted octanol–water partition coefficient (Wildman–Crippen LogP) is 1.08. The molecule has 1 N–H and O–H groups in total. The Bertz CT molecular complexity index is 678. The molecule has 0 radical (unpaired) electrons. The molecule has 1 heterocycles. The molecule has 0 unspecified atom stereocenters. The molecule has 23 heavy (non-hydrogen) atoms. The van der Waals surface area contributed by atoms with E-state index < -0.39 is 9.84 Å². The fourth-order valence-corrected chi connectivity index (χ4v) is 4.51. The van der Waals surface area contributed by atoms with Gasteiger partial charge in [0, 0.05) is 23.2 Å². The summed E-state index contributed by atoms with van der Waals surface area (Å²) < 4.78 is 28.1. The van der Waals surface area contributed by atoms with Gasteiger partial charge in [0.2, 0.25) is 5.91 Å². The summed E-state index contributed by atoms with van der Waals surface area (Å²) in [5.74, 6) is 0.706. The summed E-state index contributed by atoms with van der Waals surface area (Å²) in [6, 6.07) is 5.06. The molecule has 0 spiro atoms. The second-order valence-electron chi connectivity index (χ2n) is 5.80. The van der Waals surface area contributed by atoms with Gasteiger partial charge in [-0.2, -0.15) is 0 Å². The molecule has 2 rings (SSSR count). The van der Waals surface area contributed by atoms with E-state index in [2.05, 4.69) is 5.32 Å². The zero-order valence-electron chi connectivity index (χ0n) is 13.2. The van der Waals surface area contributed by atoms with Crippen molar-refractivity contribution >= 4 is 27.3 Å². The molecule has 1 fully saturated rings. The third kappa shape index (κ3) is 5.37. The molecule has 0 aromatic heterocycles. The van der Waals surface area contributed by atoms with Gasteiger partial charge in [-0.05, 0) is 31.7 Å². The quantitative estimate of drug-likeness (QED) is 0.821. The number of carbonyl (C=O) groups excluding carboxylic acids is 1. The Hall–Kier alpha value is -1.31. The third-order valence-electron chi connectivity index (χ3n) is 3.69. The Morgan fingerprint density at radius 3 is 2.83 bits per heavy atom. The first-order valence-corrected chi connectivity index (χ1v) is 9.50. The maximum Gasteiger partial charge on any atom is 0.234 e. The minimum Gasteiger partial charge on any atom is -0.496 e. The zero-order valence-corrected chi connectivity index (χ0v) is 14.8. The molecule has 6 nitrogen and oxygen atoms in total. The summed E-state index contributed by atoms with van der Waals surface area (Å²) in [5, 5.41) is 3.38. The van der Waals surface area contributed by atoms with E-state index in [0.29, 0.717) is 23.7 Å². The first kappa shape index (κ1) is 18.0. The first-order chi connectivity index (χ1) is 10.8. The van der Waals surface area contributed by atoms with Crippen LogP contribution in [0.5, 0.6) is 5.75 Å². The largest absolute Gasteiger partial charge is 0.496 e. The highest BCUT2D eigenvalue weighted by Gasteiger charge is 2.29. The number of amides is 1. The number of likely N-dealkylation sites (N-methyl/N-ethyl adjacent to an activating group) is 1. The molecule has 1 aromatic carbocycles. The number of methoxy groups -OCH3 is 1. The lowest BCUT2D eigenvalue weighted by molar-refractivity contribution is -0.122. The molecule has 1 aliphatic heterocycles. The summed E-state index contributed by atoms with van der Waals surface area (Å²) >= 11 is 5.99. The number of sulfone groups is 1. The van der Waals surface area contributed by atoms with E-state index in [0.717, 1.165) is 5.56 Å². The van der Waals surface area contributed by atoms with Crippen molar-refractivity contribution in [2.24, 2.45) is 0 Å². The fourth-order valence-electron chi connectivity index (χ4n) is 2.64. The number of nitrogens with one attached hydrogen (secondary N) is 1. The summed E-state index contributed by atoms with van der Waals surface area (Å²) in [4.78, 5) is 13.9. The number of carbonyl (C=O) groups is 1. The van der Waals surface area contributed by atoms with Gasteiger partial charge in [0.15, 0.2) is 9.84 Å². The van der Waals surface area contributed by atoms with Gasteiger partial charge >= 0.3 is 0 Å². The number of benzene rings is 1. The van der Waals surface area contributed by atoms with Crippen molar-refractivity contribution < 1.29 is 17.9 Å². The van der Waals surface area contributed by atoms with Crippen LogP contribution >= 0.6 is 11.6 Å². The SMILES string of the molecule is COc1ccc(Cl)cc1CN(C)CC(=O)N[C@H]1CCS(=O)(=O)C1. The Morgan fingerprint density at radius 1 is 1.48 bits per heavy atom. The lowest BCUT2D eigenvalue weighted by Crippen LogP contribution is -2.41. The van der Waals surface area contributed by atoms with Gasteiger partial charge < -0.3 is 10.1 Å². The van der Waals surface area contributed by atoms with Crippen molar-refractivity contribution in [1.82, 2.24) is 10.2 Å². The van der Waals surface area contributed by atoms with Gasteiger partial charge in [-0.1, -0.05) is 11.6 Å². The minimum absolute atomic E-state index is 0.0323. The van der Waals surface area contributed by atoms with Crippen LogP contribution in [0, 0.1) is 0 Å². The van der Waals surface area contributed by atoms with Crippen molar-refractivity contribution in [3.63, 3.8) is 0 Å². The third-order valence-corrected chi connectivity index (χ3v) is 5.70. The molecular formula is C15H21ClN2O4S. The molecule has 1 amide bonds. The lowest BCUT2D eigenvalue weighted by Gasteiger charge is -2.19. The standard InChI is InChI=1S/C15H21ClN2O4S/c1-18(8-11-7-12(16)3-4-14(11)22-2)9-15(19)17-13-5-6-23(20,21)10-13/h3-4,7,13H,5-6,8-10H2,1-2H3,(H,17,19)/t13-/m0/s1. The van der Waals surface area contributed by atoms with E-state index >= 15 is 0 Å². The van der Waals surface area contributed by atoms with E-state index in [1.165, 1.54) is 0 Å². The fraction of sp³-hybridized carbons (Fsp3) is 0.533. The topological polar surface area (TPSA) is 75.7 Å². The molecule has 1 aromatic rings. The van der Waals surface area contributed by atoms with Gasteiger partial charge in [0.25, 0.3) is 0 Å². The number of halogens is 1. The van der Waals surface area contributed by atoms with Crippen LogP contribution in [0.4, 0.5) is 0 Å². The van der Waals surface area contributed by atoms with E-state index in [-0.39, 0.29) is 30.0 Å². The van der Waals surface area contributed by atoms with Crippen LogP contribution in [0.1, 0.15) is 12.0 Å². The highest BCUT2D eigenvalue weighted by molar-refractivity contribution is 7.91. The number of hydrogen-bond donors (Lipinski definition) is 1. The molecular weight excluding hydrogens is 340 g/mol. The summed E-state index contributed by atoms with van der Waals surface area (Å²) in [6.07, 6.45) is 0.486. The second kappa shape index (κ2) is 7.51. The maximum atomic E-state index is 12.0. The summed E-state index contributed by atoms with van der Waals surface area (Å²) in [7, 11) is 0.403. The molecule has 0 saturated carbocycles. The Kier molecular flexibility index (Phi) is 5.89. The van der Waals surface area contributed by atoms with Crippen LogP contribution in [0.15, 0.2) is 18.2 Å². The van der Waals surface area contributed by atoms with Crippen molar-refractivity contribution in [3.8, 4) is 5.75 Å². The van der Waals surface area contributed by atoms with Gasteiger partial charge in [-0.3, -0.25) is 9.69 Å². The highest BCUT2D eigenvalue weighted by Crippen LogP contribution is 2.23. The smallest absolute Gasteiger partial charge is 0.234 e. The molecule has 0 bridgehead atoms. The second-order valence-corrected chi connectivity index (χ2v) is 8.46. The zero-order chi connectivity index (χ0) is 17.0. The van der Waals surface area contributed by atoms with Crippen LogP contribution in [-0.4, -0.2) is 57.5 Å². The van der Waals surface area contributed by atoms with Crippen LogP contribution < -0.4 is 10.1 Å². The number of ether oxygens (including phenoxy) is 1. The highest BCUT2D eigenvalue weighted by atomic mass is 35.5. The lowest BCUT2D eigenvalue weighted by atomic mass is 10.2. The summed E-state index contributed by atoms with van der Waals surface area (Å²) in [5.41, 5.74) is 0.888. The maximum absolute atomic E-state index is 12.0. The van der Waals surface area contributed by atoms with E-state index in [1.807, 2.05) is 11.9 Å². The van der Waals surface area contributed by atoms with Gasteiger partial charge in [0.1, 0.15) is 5.75 Å². The van der Waals surface area contributed by atoms with Crippen molar-refractivity contribution in [3.05, 3.63) is 28.8 Å². The average molecular weight is 361 g/mol. The van der Waals surface area contributed by atoms with Crippen molar-refractivity contribution in [2.45, 2.75) is 19.0 Å². The molecule has 1 atom stereocenters. The molecule has 1 aliphatic rings. The molecule has 8 heteroatoms. The molecule has 1 saturated heterocycles. The normalized spacial score (nSPS) is 19.7. The van der Waals surface area contributed by atoms with Crippen LogP contribution in [0.25, 0.3) is 0 Å². The Morgan fingerprint density at radius 2 is 2.22 bits per heavy atom. The first-order valence-electron chi connectivity index (χ1n) is 7.30. The van der Waals surface area contributed by atoms with Crippen molar-refractivity contribution in [1.29, 1.82) is 0 Å². The van der Waals surface area contributed by atoms with Gasteiger partial charge in [-0.25, -0.2) is 8.42 Å². The Labute approximate surface area is 141 Å². The van der Waals surface area contributed by atoms with Gasteiger partial charge in [-0.15, -0.1) is 0 Å². The van der Waals surface area contributed by atoms with Crippen molar-refractivity contribution in [2.75, 3.05) is 32.2 Å². The van der Waals surface area contributed by atoms with Crippen LogP contribution in [0.3, 0.4) is 0 Å². The van der Waals surface area contributed by atoms with E-state index in [1.54, 1.807) is 25.3 Å². The van der Waals surface area contributed by atoms with Crippen LogP contribution in [-0.2, 0) is 21.2 Å². The predicted molar refractivity (Wildman–Crippen MR) is 89.5 cm³/mol. The monoisotopic (exact) mass is 360 g/mol. The minimum atomic E-state index is -2.99. The number of hydrogen-bond acceptors (Lipinski definition) is 5. The van der Waals surface area contributed by atoms with E-state index in [9.17, 15) is 13.2 Å². The number of nitrogens with zero attached hydrogens (tertiary/aromatic N) is 1. The van der Waals surface area contributed by atoms with E-state index in [4.69, 9.17) is 16.3 Å². The Balaban J connectivity index is 1.88. The molecule has 0 aliphatic carbocycles. The van der Waals surface area contributed by atoms with Crippen LogP contribution in [0.2, 0.25) is 5.02 Å². The summed E-state index contributed by atoms with van der Waals surface area (Å²) in [6.45, 7) is 0.673. The average Bonchev–Trinajstić information content (AvgIpc) is 2.77. The molecule has 128 valence electrons. The number of rotatable bonds is 6. The van der Waals surface area contributed by atoms with Gasteiger partial charge in [0.05, 0.1) is 25.2 Å².